The summed E-state index contributed by atoms with van der Waals surface area (Å²) in [5, 5.41) is 6.80. The molecule has 0 atom stereocenters. The van der Waals surface area contributed by atoms with E-state index in [1.165, 1.54) is 22.6 Å². The number of rotatable bonds is 8. The van der Waals surface area contributed by atoms with Gasteiger partial charge in [0.2, 0.25) is 5.91 Å². The standard InChI is InChI=1S/C22H37N5OS.HI/c1-3-19-9-10-20(29-19)17-25-22(23-4-2)24-11-12-26-13-15-27(16-14-26)21(28)18-7-5-6-8-18;/h9-10,18H,3-8,11-17H2,1-2H3,(H2,23,24,25);1H. The quantitative estimate of drug-likeness (QED) is 0.298. The highest BCUT2D eigenvalue weighted by atomic mass is 127. The minimum absolute atomic E-state index is 0. The average molecular weight is 548 g/mol. The van der Waals surface area contributed by atoms with E-state index < -0.39 is 0 Å². The molecule has 0 aromatic carbocycles. The maximum atomic E-state index is 12.6. The van der Waals surface area contributed by atoms with Gasteiger partial charge in [0.15, 0.2) is 5.96 Å². The van der Waals surface area contributed by atoms with Crippen LogP contribution >= 0.6 is 35.3 Å². The Hall–Kier alpha value is -0.870. The van der Waals surface area contributed by atoms with Crippen molar-refractivity contribution in [3.63, 3.8) is 0 Å². The van der Waals surface area contributed by atoms with Crippen LogP contribution in [0, 0.1) is 5.92 Å². The minimum atomic E-state index is 0. The number of piperazine rings is 1. The van der Waals surface area contributed by atoms with E-state index in [4.69, 9.17) is 4.99 Å². The number of carbonyl (C=O) groups is 1. The second-order valence-electron chi connectivity index (χ2n) is 7.99. The Kier molecular flexibility index (Phi) is 11.4. The molecule has 0 radical (unpaired) electrons. The molecule has 2 fully saturated rings. The van der Waals surface area contributed by atoms with Crippen molar-refractivity contribution in [2.24, 2.45) is 10.9 Å². The fraction of sp³-hybridized carbons (Fsp3) is 0.727. The Morgan fingerprint density at radius 1 is 1.10 bits per heavy atom. The second-order valence-corrected chi connectivity index (χ2v) is 9.24. The Bertz CT molecular complexity index is 666. The van der Waals surface area contributed by atoms with Crippen molar-refractivity contribution in [1.82, 2.24) is 20.4 Å². The monoisotopic (exact) mass is 547 g/mol. The molecule has 1 aromatic rings. The van der Waals surface area contributed by atoms with Gasteiger partial charge in [0, 0.05) is 61.5 Å². The average Bonchev–Trinajstić information content (AvgIpc) is 3.44. The van der Waals surface area contributed by atoms with Crippen molar-refractivity contribution in [2.75, 3.05) is 45.8 Å². The van der Waals surface area contributed by atoms with Gasteiger partial charge in [-0.15, -0.1) is 35.3 Å². The molecule has 6 nitrogen and oxygen atoms in total. The number of hydrogen-bond acceptors (Lipinski definition) is 4. The van der Waals surface area contributed by atoms with Crippen LogP contribution in [0.4, 0.5) is 0 Å². The topological polar surface area (TPSA) is 60.0 Å². The molecular weight excluding hydrogens is 509 g/mol. The lowest BCUT2D eigenvalue weighted by Crippen LogP contribution is -2.51. The van der Waals surface area contributed by atoms with Crippen LogP contribution in [0.5, 0.6) is 0 Å². The van der Waals surface area contributed by atoms with Gasteiger partial charge in [-0.1, -0.05) is 19.8 Å². The van der Waals surface area contributed by atoms with Crippen molar-refractivity contribution < 1.29 is 4.79 Å². The molecule has 1 amide bonds. The SMILES string of the molecule is CCNC(=NCc1ccc(CC)s1)NCCN1CCN(C(=O)C2CCCC2)CC1.I. The molecular formula is C22H38IN5OS. The van der Waals surface area contributed by atoms with Crippen LogP contribution in [0.3, 0.4) is 0 Å². The highest BCUT2D eigenvalue weighted by molar-refractivity contribution is 14.0. The van der Waals surface area contributed by atoms with Gasteiger partial charge in [0.1, 0.15) is 0 Å². The number of halogens is 1. The highest BCUT2D eigenvalue weighted by Crippen LogP contribution is 2.26. The number of nitrogens with zero attached hydrogens (tertiary/aromatic N) is 3. The van der Waals surface area contributed by atoms with Gasteiger partial charge < -0.3 is 15.5 Å². The summed E-state index contributed by atoms with van der Waals surface area (Å²) in [7, 11) is 0. The third kappa shape index (κ3) is 7.67. The lowest BCUT2D eigenvalue weighted by molar-refractivity contribution is -0.137. The molecule has 0 spiro atoms. The number of guanidine groups is 1. The lowest BCUT2D eigenvalue weighted by atomic mass is 10.1. The smallest absolute Gasteiger partial charge is 0.225 e. The lowest BCUT2D eigenvalue weighted by Gasteiger charge is -2.36. The third-order valence-corrected chi connectivity index (χ3v) is 7.13. The predicted molar refractivity (Wildman–Crippen MR) is 137 cm³/mol. The van der Waals surface area contributed by atoms with Crippen LogP contribution in [0.25, 0.3) is 0 Å². The Balaban J connectivity index is 0.00000320. The van der Waals surface area contributed by atoms with Gasteiger partial charge in [0.25, 0.3) is 0 Å². The van der Waals surface area contributed by atoms with Crippen molar-refractivity contribution in [3.8, 4) is 0 Å². The Morgan fingerprint density at radius 3 is 2.43 bits per heavy atom. The first kappa shape index (κ1) is 25.4. The second kappa shape index (κ2) is 13.5. The minimum Gasteiger partial charge on any atom is -0.357 e. The molecule has 2 aliphatic rings. The third-order valence-electron chi connectivity index (χ3n) is 5.91. The van der Waals surface area contributed by atoms with E-state index >= 15 is 0 Å². The predicted octanol–water partition coefficient (Wildman–Crippen LogP) is 3.32. The molecule has 1 saturated carbocycles. The maximum Gasteiger partial charge on any atom is 0.225 e. The molecule has 1 aliphatic carbocycles. The fourth-order valence-electron chi connectivity index (χ4n) is 4.15. The van der Waals surface area contributed by atoms with Crippen LogP contribution in [-0.2, 0) is 17.8 Å². The normalized spacial score (nSPS) is 18.3. The summed E-state index contributed by atoms with van der Waals surface area (Å²) < 4.78 is 0. The van der Waals surface area contributed by atoms with Crippen LogP contribution in [0.2, 0.25) is 0 Å². The van der Waals surface area contributed by atoms with E-state index in [1.54, 1.807) is 0 Å². The molecule has 8 heteroatoms. The van der Waals surface area contributed by atoms with E-state index in [-0.39, 0.29) is 24.0 Å². The molecule has 1 saturated heterocycles. The van der Waals surface area contributed by atoms with Crippen molar-refractivity contribution >= 4 is 47.2 Å². The van der Waals surface area contributed by atoms with Gasteiger partial charge in [-0.3, -0.25) is 9.69 Å². The largest absolute Gasteiger partial charge is 0.357 e. The van der Waals surface area contributed by atoms with Crippen LogP contribution < -0.4 is 10.6 Å². The molecule has 2 N–H and O–H groups in total. The summed E-state index contributed by atoms with van der Waals surface area (Å²) in [6, 6.07) is 4.38. The van der Waals surface area contributed by atoms with Crippen molar-refractivity contribution in [1.29, 1.82) is 0 Å². The van der Waals surface area contributed by atoms with Gasteiger partial charge in [-0.05, 0) is 38.3 Å². The van der Waals surface area contributed by atoms with E-state index in [1.807, 2.05) is 11.3 Å². The number of thiophene rings is 1. The number of aliphatic imine (C=N–C) groups is 1. The zero-order chi connectivity index (χ0) is 20.5. The summed E-state index contributed by atoms with van der Waals surface area (Å²) >= 11 is 1.85. The van der Waals surface area contributed by atoms with E-state index in [0.29, 0.717) is 11.8 Å². The zero-order valence-corrected chi connectivity index (χ0v) is 21.6. The van der Waals surface area contributed by atoms with E-state index in [2.05, 4.69) is 46.4 Å². The molecule has 170 valence electrons. The van der Waals surface area contributed by atoms with Crippen LogP contribution in [-0.4, -0.2) is 67.5 Å². The Labute approximate surface area is 202 Å². The maximum absolute atomic E-state index is 12.6. The van der Waals surface area contributed by atoms with Crippen LogP contribution in [0.1, 0.15) is 49.3 Å². The highest BCUT2D eigenvalue weighted by Gasteiger charge is 2.29. The fourth-order valence-corrected chi connectivity index (χ4v) is 5.03. The van der Waals surface area contributed by atoms with E-state index in [0.717, 1.165) is 77.6 Å². The molecule has 1 aliphatic heterocycles. The van der Waals surface area contributed by atoms with Crippen LogP contribution in [0.15, 0.2) is 17.1 Å². The summed E-state index contributed by atoms with van der Waals surface area (Å²) in [5.41, 5.74) is 0. The summed E-state index contributed by atoms with van der Waals surface area (Å²) in [6.45, 7) is 11.4. The first-order chi connectivity index (χ1) is 14.2. The van der Waals surface area contributed by atoms with E-state index in [9.17, 15) is 4.79 Å². The molecule has 2 heterocycles. The number of nitrogens with one attached hydrogen (secondary N) is 2. The number of carbonyl (C=O) groups excluding carboxylic acids is 1. The number of amides is 1. The number of hydrogen-bond donors (Lipinski definition) is 2. The summed E-state index contributed by atoms with van der Waals surface area (Å²) in [5.74, 6) is 1.59. The zero-order valence-electron chi connectivity index (χ0n) is 18.5. The molecule has 3 rings (SSSR count). The summed E-state index contributed by atoms with van der Waals surface area (Å²) in [4.78, 5) is 24.6. The first-order valence-electron chi connectivity index (χ1n) is 11.3. The van der Waals surface area contributed by atoms with Crippen molar-refractivity contribution in [3.05, 3.63) is 21.9 Å². The van der Waals surface area contributed by atoms with Gasteiger partial charge in [-0.2, -0.15) is 0 Å². The van der Waals surface area contributed by atoms with Gasteiger partial charge >= 0.3 is 0 Å². The molecule has 30 heavy (non-hydrogen) atoms. The number of aryl methyl sites for hydroxylation is 1. The first-order valence-corrected chi connectivity index (χ1v) is 12.1. The van der Waals surface area contributed by atoms with Crippen molar-refractivity contribution in [2.45, 2.75) is 52.5 Å². The molecule has 1 aromatic heterocycles. The Morgan fingerprint density at radius 2 is 1.80 bits per heavy atom. The molecule has 0 unspecified atom stereocenters. The van der Waals surface area contributed by atoms with Gasteiger partial charge in [-0.25, -0.2) is 4.99 Å². The summed E-state index contributed by atoms with van der Waals surface area (Å²) in [6.07, 6.45) is 5.74. The van der Waals surface area contributed by atoms with Gasteiger partial charge in [0.05, 0.1) is 6.54 Å². The molecule has 0 bridgehead atoms.